The lowest BCUT2D eigenvalue weighted by atomic mass is 10.0. The van der Waals surface area contributed by atoms with E-state index in [0.29, 0.717) is 11.7 Å². The summed E-state index contributed by atoms with van der Waals surface area (Å²) in [4.78, 5) is 18.5. The van der Waals surface area contributed by atoms with E-state index in [9.17, 15) is 4.79 Å². The van der Waals surface area contributed by atoms with Crippen LogP contribution in [0.3, 0.4) is 0 Å². The molecule has 36 heavy (non-hydrogen) atoms. The van der Waals surface area contributed by atoms with Crippen molar-refractivity contribution >= 4 is 61.4 Å². The zero-order valence-corrected chi connectivity index (χ0v) is 23.6. The number of halogens is 1. The molecule has 0 fully saturated rings. The molecule has 0 bridgehead atoms. The Morgan fingerprint density at radius 2 is 1.81 bits per heavy atom. The first-order valence-corrected chi connectivity index (χ1v) is 14.8. The smallest absolute Gasteiger partial charge is 0.236 e. The van der Waals surface area contributed by atoms with Crippen molar-refractivity contribution in [3.8, 4) is 33.8 Å². The third-order valence-electron chi connectivity index (χ3n) is 5.53. The van der Waals surface area contributed by atoms with E-state index in [1.54, 1.807) is 11.3 Å². The number of carbonyl (C=O) groups excluding carboxylic acids is 1. The molecule has 0 atom stereocenters. The predicted molar refractivity (Wildman–Crippen MR) is 154 cm³/mol. The predicted octanol–water partition coefficient (Wildman–Crippen LogP) is 7.62. The van der Waals surface area contributed by atoms with Crippen LogP contribution in [0.5, 0.6) is 0 Å². The standard InChI is InChI=1S/C26H22BrN5OS3/c1-3-32-24(20-13-34-16(2)23(20)18-7-5-4-6-8-18)30-31-26(32)36-15-22(33)29-25-28-21(14-35-25)17-9-11-19(27)12-10-17/h4-14H,3,15H2,1-2H3,(H,28,29,33). The summed E-state index contributed by atoms with van der Waals surface area (Å²) in [6.07, 6.45) is 0. The SMILES string of the molecule is CCn1c(SCC(=O)Nc2nc(-c3ccc(Br)cc3)cs2)nnc1-c1csc(C)c1-c1ccccc1. The van der Waals surface area contributed by atoms with Crippen molar-refractivity contribution in [2.45, 2.75) is 25.5 Å². The van der Waals surface area contributed by atoms with Crippen LogP contribution in [0.1, 0.15) is 11.8 Å². The van der Waals surface area contributed by atoms with Gasteiger partial charge in [0.05, 0.1) is 11.4 Å². The number of thiophene rings is 1. The molecule has 1 amide bonds. The second kappa shape index (κ2) is 11.1. The molecular formula is C26H22BrN5OS3. The number of aromatic nitrogens is 4. The van der Waals surface area contributed by atoms with E-state index in [1.165, 1.54) is 33.5 Å². The van der Waals surface area contributed by atoms with Crippen LogP contribution in [0, 0.1) is 6.92 Å². The molecule has 2 aromatic carbocycles. The number of aryl methyl sites for hydroxylation is 1. The van der Waals surface area contributed by atoms with E-state index in [0.717, 1.165) is 37.8 Å². The van der Waals surface area contributed by atoms with Crippen LogP contribution in [-0.4, -0.2) is 31.4 Å². The molecule has 0 saturated heterocycles. The summed E-state index contributed by atoms with van der Waals surface area (Å²) < 4.78 is 3.08. The fourth-order valence-electron chi connectivity index (χ4n) is 3.83. The highest BCUT2D eigenvalue weighted by molar-refractivity contribution is 9.10. The molecule has 0 aliphatic heterocycles. The third kappa shape index (κ3) is 5.31. The summed E-state index contributed by atoms with van der Waals surface area (Å²) in [6.45, 7) is 4.90. The van der Waals surface area contributed by atoms with Gasteiger partial charge in [0.2, 0.25) is 5.91 Å². The van der Waals surface area contributed by atoms with E-state index < -0.39 is 0 Å². The third-order valence-corrected chi connectivity index (χ3v) is 8.70. The van der Waals surface area contributed by atoms with Crippen LogP contribution >= 0.6 is 50.4 Å². The Hall–Kier alpha value is -2.79. The van der Waals surface area contributed by atoms with Crippen molar-refractivity contribution in [1.29, 1.82) is 0 Å². The lowest BCUT2D eigenvalue weighted by molar-refractivity contribution is -0.113. The van der Waals surface area contributed by atoms with Crippen molar-refractivity contribution in [1.82, 2.24) is 19.7 Å². The number of hydrogen-bond acceptors (Lipinski definition) is 7. The summed E-state index contributed by atoms with van der Waals surface area (Å²) >= 11 is 7.95. The van der Waals surface area contributed by atoms with Gasteiger partial charge in [-0.1, -0.05) is 70.2 Å². The number of anilines is 1. The first kappa shape index (κ1) is 24.9. The van der Waals surface area contributed by atoms with Gasteiger partial charge in [-0.3, -0.25) is 4.79 Å². The molecule has 5 rings (SSSR count). The highest BCUT2D eigenvalue weighted by Crippen LogP contribution is 2.39. The van der Waals surface area contributed by atoms with Crippen LogP contribution in [0.25, 0.3) is 33.8 Å². The summed E-state index contributed by atoms with van der Waals surface area (Å²) in [5.41, 5.74) is 5.26. The Kier molecular flexibility index (Phi) is 7.66. The van der Waals surface area contributed by atoms with Gasteiger partial charge in [0, 0.05) is 43.3 Å². The van der Waals surface area contributed by atoms with E-state index in [1.807, 2.05) is 47.8 Å². The number of nitrogens with one attached hydrogen (secondary N) is 1. The molecule has 6 nitrogen and oxygen atoms in total. The van der Waals surface area contributed by atoms with Crippen LogP contribution in [-0.2, 0) is 11.3 Å². The van der Waals surface area contributed by atoms with E-state index >= 15 is 0 Å². The van der Waals surface area contributed by atoms with Gasteiger partial charge in [-0.05, 0) is 31.5 Å². The summed E-state index contributed by atoms with van der Waals surface area (Å²) in [5.74, 6) is 0.919. The van der Waals surface area contributed by atoms with Gasteiger partial charge in [-0.25, -0.2) is 4.98 Å². The van der Waals surface area contributed by atoms with Crippen molar-refractivity contribution in [2.24, 2.45) is 0 Å². The molecule has 182 valence electrons. The number of nitrogens with zero attached hydrogens (tertiary/aromatic N) is 4. The maximum absolute atomic E-state index is 12.7. The van der Waals surface area contributed by atoms with Crippen molar-refractivity contribution < 1.29 is 4.79 Å². The molecule has 3 heterocycles. The molecular weight excluding hydrogens is 574 g/mol. The molecule has 0 aliphatic carbocycles. The molecule has 1 N–H and O–H groups in total. The molecule has 5 aromatic rings. The van der Waals surface area contributed by atoms with Gasteiger partial charge in [-0.15, -0.1) is 32.9 Å². The molecule has 0 spiro atoms. The number of amides is 1. The highest BCUT2D eigenvalue weighted by atomic mass is 79.9. The van der Waals surface area contributed by atoms with Gasteiger partial charge in [0.25, 0.3) is 0 Å². The minimum atomic E-state index is -0.125. The van der Waals surface area contributed by atoms with Crippen LogP contribution in [0.2, 0.25) is 0 Å². The summed E-state index contributed by atoms with van der Waals surface area (Å²) in [5, 5.41) is 17.2. The fourth-order valence-corrected chi connectivity index (χ4v) is 6.50. The van der Waals surface area contributed by atoms with Crippen LogP contribution in [0.15, 0.2) is 75.0 Å². The number of carbonyl (C=O) groups is 1. The lowest BCUT2D eigenvalue weighted by Gasteiger charge is -2.09. The quantitative estimate of drug-likeness (QED) is 0.187. The lowest BCUT2D eigenvalue weighted by Crippen LogP contribution is -2.14. The Morgan fingerprint density at radius 1 is 1.03 bits per heavy atom. The highest BCUT2D eigenvalue weighted by Gasteiger charge is 2.20. The van der Waals surface area contributed by atoms with Crippen LogP contribution < -0.4 is 5.32 Å². The summed E-state index contributed by atoms with van der Waals surface area (Å²) in [7, 11) is 0. The average Bonchev–Trinajstić information content (AvgIpc) is 3.62. The van der Waals surface area contributed by atoms with Crippen molar-refractivity contribution in [3.05, 3.63) is 74.7 Å². The van der Waals surface area contributed by atoms with Gasteiger partial charge in [0.1, 0.15) is 0 Å². The van der Waals surface area contributed by atoms with E-state index in [2.05, 4.69) is 72.4 Å². The molecule has 0 radical (unpaired) electrons. The Labute approximate surface area is 230 Å². The van der Waals surface area contributed by atoms with Gasteiger partial charge in [-0.2, -0.15) is 0 Å². The number of rotatable bonds is 8. The zero-order valence-electron chi connectivity index (χ0n) is 19.6. The molecule has 0 aliphatic rings. The number of hydrogen-bond donors (Lipinski definition) is 1. The largest absolute Gasteiger partial charge is 0.302 e. The van der Waals surface area contributed by atoms with Crippen molar-refractivity contribution in [3.63, 3.8) is 0 Å². The van der Waals surface area contributed by atoms with Gasteiger partial charge in [0.15, 0.2) is 16.1 Å². The van der Waals surface area contributed by atoms with Crippen LogP contribution in [0.4, 0.5) is 5.13 Å². The Morgan fingerprint density at radius 3 is 2.56 bits per heavy atom. The van der Waals surface area contributed by atoms with E-state index in [4.69, 9.17) is 0 Å². The zero-order chi connectivity index (χ0) is 25.1. The van der Waals surface area contributed by atoms with Crippen molar-refractivity contribution in [2.75, 3.05) is 11.1 Å². The Bertz CT molecular complexity index is 1490. The first-order chi connectivity index (χ1) is 17.5. The van der Waals surface area contributed by atoms with Gasteiger partial charge < -0.3 is 9.88 Å². The van der Waals surface area contributed by atoms with Gasteiger partial charge >= 0.3 is 0 Å². The number of thioether (sulfide) groups is 1. The first-order valence-electron chi connectivity index (χ1n) is 11.2. The number of benzene rings is 2. The topological polar surface area (TPSA) is 72.7 Å². The monoisotopic (exact) mass is 595 g/mol. The maximum Gasteiger partial charge on any atom is 0.236 e. The average molecular weight is 597 g/mol. The fraction of sp³-hybridized carbons (Fsp3) is 0.154. The molecule has 0 saturated carbocycles. The summed E-state index contributed by atoms with van der Waals surface area (Å²) in [6, 6.07) is 18.3. The molecule has 10 heteroatoms. The molecule has 0 unspecified atom stereocenters. The maximum atomic E-state index is 12.7. The second-order valence-electron chi connectivity index (χ2n) is 7.88. The minimum Gasteiger partial charge on any atom is -0.302 e. The second-order valence-corrected chi connectivity index (χ2v) is 11.7. The van der Waals surface area contributed by atoms with E-state index in [-0.39, 0.29) is 11.7 Å². The molecule has 3 aromatic heterocycles. The minimum absolute atomic E-state index is 0.125. The normalized spacial score (nSPS) is 11.1. The Balaban J connectivity index is 1.29. The number of thiazole rings is 1.